The molecule has 0 spiro atoms. The molecule has 1 atom stereocenters. The standard InChI is InChI=1S/C17H21N5O/c1-4-14(16-18-11-19-22(16)5-2)20-17(23)13-10-21(3)15-9-7-6-8-12(13)15/h6-11,14H,4-5H2,1-3H3,(H,20,23)/t14-/m1/s1. The van der Waals surface area contributed by atoms with Crippen LogP contribution in [0.3, 0.4) is 0 Å². The van der Waals surface area contributed by atoms with Crippen LogP contribution in [0.25, 0.3) is 10.9 Å². The molecule has 0 radical (unpaired) electrons. The summed E-state index contributed by atoms with van der Waals surface area (Å²) in [6.07, 6.45) is 4.16. The Hall–Kier alpha value is -2.63. The molecule has 0 unspecified atom stereocenters. The molecular formula is C17H21N5O. The third-order valence-corrected chi connectivity index (χ3v) is 4.11. The van der Waals surface area contributed by atoms with Crippen molar-refractivity contribution in [3.05, 3.63) is 48.2 Å². The predicted octanol–water partition coefficient (Wildman–Crippen LogP) is 2.67. The van der Waals surface area contributed by atoms with Crippen molar-refractivity contribution < 1.29 is 4.79 Å². The smallest absolute Gasteiger partial charge is 0.254 e. The van der Waals surface area contributed by atoms with Gasteiger partial charge in [0.15, 0.2) is 0 Å². The molecule has 0 aliphatic carbocycles. The number of hydrogen-bond donors (Lipinski definition) is 1. The highest BCUT2D eigenvalue weighted by atomic mass is 16.1. The van der Waals surface area contributed by atoms with Gasteiger partial charge in [0.05, 0.1) is 11.6 Å². The quantitative estimate of drug-likeness (QED) is 0.788. The Morgan fingerprint density at radius 1 is 1.30 bits per heavy atom. The predicted molar refractivity (Wildman–Crippen MR) is 89.1 cm³/mol. The van der Waals surface area contributed by atoms with Crippen LogP contribution >= 0.6 is 0 Å². The van der Waals surface area contributed by atoms with Gasteiger partial charge >= 0.3 is 0 Å². The number of hydrogen-bond acceptors (Lipinski definition) is 3. The topological polar surface area (TPSA) is 64.7 Å². The molecule has 0 saturated heterocycles. The number of carbonyl (C=O) groups is 1. The highest BCUT2D eigenvalue weighted by Crippen LogP contribution is 2.22. The lowest BCUT2D eigenvalue weighted by atomic mass is 10.1. The third kappa shape index (κ3) is 2.72. The van der Waals surface area contributed by atoms with E-state index in [0.717, 1.165) is 29.7 Å². The number of benzene rings is 1. The largest absolute Gasteiger partial charge is 0.350 e. The number of fused-ring (bicyclic) bond motifs is 1. The highest BCUT2D eigenvalue weighted by Gasteiger charge is 2.21. The molecule has 0 fully saturated rings. The Balaban J connectivity index is 1.90. The minimum absolute atomic E-state index is 0.0840. The van der Waals surface area contributed by atoms with E-state index in [4.69, 9.17) is 0 Å². The van der Waals surface area contributed by atoms with Crippen LogP contribution in [0.2, 0.25) is 0 Å². The molecule has 0 aliphatic heterocycles. The zero-order valence-corrected chi connectivity index (χ0v) is 13.7. The van der Waals surface area contributed by atoms with Gasteiger partial charge in [0.25, 0.3) is 5.91 Å². The molecule has 2 heterocycles. The molecule has 23 heavy (non-hydrogen) atoms. The Kier molecular flexibility index (Phi) is 4.14. The highest BCUT2D eigenvalue weighted by molar-refractivity contribution is 6.07. The average molecular weight is 311 g/mol. The van der Waals surface area contributed by atoms with E-state index in [0.29, 0.717) is 5.56 Å². The fourth-order valence-corrected chi connectivity index (χ4v) is 2.89. The minimum atomic E-state index is -0.149. The first kappa shape index (κ1) is 15.3. The van der Waals surface area contributed by atoms with Crippen LogP contribution < -0.4 is 5.32 Å². The van der Waals surface area contributed by atoms with Crippen molar-refractivity contribution >= 4 is 16.8 Å². The molecule has 0 saturated carbocycles. The van der Waals surface area contributed by atoms with E-state index in [-0.39, 0.29) is 11.9 Å². The van der Waals surface area contributed by atoms with E-state index in [9.17, 15) is 4.79 Å². The summed E-state index contributed by atoms with van der Waals surface area (Å²) in [7, 11) is 1.95. The fraction of sp³-hybridized carbons (Fsp3) is 0.353. The zero-order chi connectivity index (χ0) is 16.4. The first-order chi connectivity index (χ1) is 11.2. The van der Waals surface area contributed by atoms with Gasteiger partial charge in [-0.2, -0.15) is 5.10 Å². The van der Waals surface area contributed by atoms with E-state index in [2.05, 4.69) is 15.4 Å². The second-order valence-corrected chi connectivity index (χ2v) is 5.54. The van der Waals surface area contributed by atoms with Crippen molar-refractivity contribution in [1.29, 1.82) is 0 Å². The molecule has 1 N–H and O–H groups in total. The van der Waals surface area contributed by atoms with Gasteiger partial charge in [0.1, 0.15) is 12.2 Å². The van der Waals surface area contributed by atoms with E-state index in [1.165, 1.54) is 6.33 Å². The molecule has 1 amide bonds. The normalized spacial score (nSPS) is 12.5. The van der Waals surface area contributed by atoms with Gasteiger partial charge in [0.2, 0.25) is 0 Å². The van der Waals surface area contributed by atoms with Crippen molar-refractivity contribution in [2.24, 2.45) is 7.05 Å². The van der Waals surface area contributed by atoms with Gasteiger partial charge in [-0.1, -0.05) is 25.1 Å². The molecule has 1 aromatic carbocycles. The average Bonchev–Trinajstić information content (AvgIpc) is 3.17. The molecule has 3 rings (SSSR count). The summed E-state index contributed by atoms with van der Waals surface area (Å²) < 4.78 is 3.79. The van der Waals surface area contributed by atoms with E-state index in [1.54, 1.807) is 0 Å². The Morgan fingerprint density at radius 2 is 2.09 bits per heavy atom. The Bertz CT molecular complexity index is 832. The van der Waals surface area contributed by atoms with E-state index in [1.807, 2.05) is 60.6 Å². The van der Waals surface area contributed by atoms with Crippen LogP contribution in [-0.4, -0.2) is 25.2 Å². The van der Waals surface area contributed by atoms with Gasteiger partial charge < -0.3 is 9.88 Å². The second kappa shape index (κ2) is 6.24. The molecule has 0 aliphatic rings. The maximum atomic E-state index is 12.8. The lowest BCUT2D eigenvalue weighted by Crippen LogP contribution is -2.30. The molecule has 6 heteroatoms. The number of aryl methyl sites for hydroxylation is 2. The molecule has 0 bridgehead atoms. The summed E-state index contributed by atoms with van der Waals surface area (Å²) in [5, 5.41) is 8.24. The maximum absolute atomic E-state index is 12.8. The van der Waals surface area contributed by atoms with Gasteiger partial charge in [-0.3, -0.25) is 4.79 Å². The van der Waals surface area contributed by atoms with Crippen LogP contribution in [-0.2, 0) is 13.6 Å². The maximum Gasteiger partial charge on any atom is 0.254 e. The summed E-state index contributed by atoms with van der Waals surface area (Å²) in [6, 6.07) is 7.76. The summed E-state index contributed by atoms with van der Waals surface area (Å²) >= 11 is 0. The SMILES string of the molecule is CC[C@@H](NC(=O)c1cn(C)c2ccccc12)c1ncnn1CC. The van der Waals surface area contributed by atoms with Crippen molar-refractivity contribution in [3.8, 4) is 0 Å². The summed E-state index contributed by atoms with van der Waals surface area (Å²) in [6.45, 7) is 4.77. The van der Waals surface area contributed by atoms with Gasteiger partial charge in [0, 0.05) is 30.7 Å². The summed E-state index contributed by atoms with van der Waals surface area (Å²) in [4.78, 5) is 17.1. The molecule has 6 nitrogen and oxygen atoms in total. The first-order valence-corrected chi connectivity index (χ1v) is 7.88. The fourth-order valence-electron chi connectivity index (χ4n) is 2.89. The summed E-state index contributed by atoms with van der Waals surface area (Å²) in [5.74, 6) is 0.711. The number of carbonyl (C=O) groups excluding carboxylic acids is 1. The molecule has 2 aromatic heterocycles. The third-order valence-electron chi connectivity index (χ3n) is 4.11. The Labute approximate surface area is 135 Å². The number of rotatable bonds is 5. The van der Waals surface area contributed by atoms with E-state index >= 15 is 0 Å². The monoisotopic (exact) mass is 311 g/mol. The summed E-state index contributed by atoms with van der Waals surface area (Å²) in [5.41, 5.74) is 1.73. The van der Waals surface area contributed by atoms with Gasteiger partial charge in [-0.05, 0) is 19.4 Å². The van der Waals surface area contributed by atoms with Crippen LogP contribution in [0.5, 0.6) is 0 Å². The first-order valence-electron chi connectivity index (χ1n) is 7.88. The Morgan fingerprint density at radius 3 is 2.83 bits per heavy atom. The van der Waals surface area contributed by atoms with Crippen LogP contribution in [0.1, 0.15) is 42.5 Å². The van der Waals surface area contributed by atoms with Gasteiger partial charge in [-0.25, -0.2) is 9.67 Å². The lowest BCUT2D eigenvalue weighted by Gasteiger charge is -2.16. The number of nitrogens with one attached hydrogen (secondary N) is 1. The van der Waals surface area contributed by atoms with Crippen molar-refractivity contribution in [3.63, 3.8) is 0 Å². The number of para-hydroxylation sites is 1. The number of aromatic nitrogens is 4. The van der Waals surface area contributed by atoms with Gasteiger partial charge in [-0.15, -0.1) is 0 Å². The number of nitrogens with zero attached hydrogens (tertiary/aromatic N) is 4. The van der Waals surface area contributed by atoms with E-state index < -0.39 is 0 Å². The number of amides is 1. The lowest BCUT2D eigenvalue weighted by molar-refractivity contribution is 0.0934. The van der Waals surface area contributed by atoms with Crippen LogP contribution in [0.15, 0.2) is 36.8 Å². The minimum Gasteiger partial charge on any atom is -0.350 e. The van der Waals surface area contributed by atoms with Crippen molar-refractivity contribution in [2.45, 2.75) is 32.9 Å². The molecule has 120 valence electrons. The zero-order valence-electron chi connectivity index (χ0n) is 13.7. The van der Waals surface area contributed by atoms with Crippen molar-refractivity contribution in [1.82, 2.24) is 24.6 Å². The molecule has 3 aromatic rings. The van der Waals surface area contributed by atoms with Crippen LogP contribution in [0.4, 0.5) is 0 Å². The van der Waals surface area contributed by atoms with Crippen LogP contribution in [0, 0.1) is 0 Å². The second-order valence-electron chi connectivity index (χ2n) is 5.54. The van der Waals surface area contributed by atoms with Crippen molar-refractivity contribution in [2.75, 3.05) is 0 Å². The molecular weight excluding hydrogens is 290 g/mol.